The molecule has 0 spiro atoms. The minimum atomic E-state index is -0.262. The van der Waals surface area contributed by atoms with Crippen LogP contribution >= 0.6 is 0 Å². The van der Waals surface area contributed by atoms with Gasteiger partial charge in [-0.25, -0.2) is 4.79 Å². The summed E-state index contributed by atoms with van der Waals surface area (Å²) in [5.41, 5.74) is 7.83. The molecule has 0 atom stereocenters. The van der Waals surface area contributed by atoms with E-state index in [4.69, 9.17) is 10.5 Å². The molecule has 0 saturated heterocycles. The van der Waals surface area contributed by atoms with E-state index in [2.05, 4.69) is 4.98 Å². The molecule has 1 saturated carbocycles. The maximum Gasteiger partial charge on any atom is 0.355 e. The molecule has 3 rings (SSSR count). The third-order valence-electron chi connectivity index (χ3n) is 3.69. The quantitative estimate of drug-likeness (QED) is 0.642. The standard InChI is InChI=1S/C15H18N2O2/c16-11-6-7-13-10(8-11)9-14(17-13)15(18)19-12-4-2-1-3-5-12/h6-9,12,17H,1-5,16H2. The van der Waals surface area contributed by atoms with Crippen LogP contribution in [-0.4, -0.2) is 17.1 Å². The highest BCUT2D eigenvalue weighted by Crippen LogP contribution is 2.23. The number of H-pyrrole nitrogens is 1. The average Bonchev–Trinajstić information content (AvgIpc) is 2.83. The fourth-order valence-electron chi connectivity index (χ4n) is 2.66. The van der Waals surface area contributed by atoms with Gasteiger partial charge in [-0.15, -0.1) is 0 Å². The van der Waals surface area contributed by atoms with Crippen LogP contribution in [0.25, 0.3) is 10.9 Å². The van der Waals surface area contributed by atoms with Gasteiger partial charge in [-0.05, 0) is 49.9 Å². The lowest BCUT2D eigenvalue weighted by Crippen LogP contribution is -2.21. The number of hydrogen-bond acceptors (Lipinski definition) is 3. The number of fused-ring (bicyclic) bond motifs is 1. The van der Waals surface area contributed by atoms with Crippen molar-refractivity contribution in [1.82, 2.24) is 4.98 Å². The van der Waals surface area contributed by atoms with Gasteiger partial charge in [0.25, 0.3) is 0 Å². The van der Waals surface area contributed by atoms with Crippen molar-refractivity contribution in [1.29, 1.82) is 0 Å². The second-order valence-corrected chi connectivity index (χ2v) is 5.20. The number of carbonyl (C=O) groups excluding carboxylic acids is 1. The van der Waals surface area contributed by atoms with Crippen LogP contribution in [0.1, 0.15) is 42.6 Å². The van der Waals surface area contributed by atoms with E-state index in [1.807, 2.05) is 18.2 Å². The van der Waals surface area contributed by atoms with E-state index in [1.54, 1.807) is 6.07 Å². The van der Waals surface area contributed by atoms with Gasteiger partial charge in [-0.3, -0.25) is 0 Å². The lowest BCUT2D eigenvalue weighted by Gasteiger charge is -2.21. The Kier molecular flexibility index (Phi) is 3.15. The molecular weight excluding hydrogens is 240 g/mol. The van der Waals surface area contributed by atoms with Crippen LogP contribution in [0.5, 0.6) is 0 Å². The highest BCUT2D eigenvalue weighted by Gasteiger charge is 2.19. The molecule has 4 heteroatoms. The fourth-order valence-corrected chi connectivity index (χ4v) is 2.66. The van der Waals surface area contributed by atoms with Gasteiger partial charge in [-0.1, -0.05) is 6.42 Å². The second-order valence-electron chi connectivity index (χ2n) is 5.20. The fraction of sp³-hybridized carbons (Fsp3) is 0.400. The predicted molar refractivity (Wildman–Crippen MR) is 75.0 cm³/mol. The molecule has 19 heavy (non-hydrogen) atoms. The van der Waals surface area contributed by atoms with E-state index in [0.717, 1.165) is 36.6 Å². The summed E-state index contributed by atoms with van der Waals surface area (Å²) in [4.78, 5) is 15.2. The monoisotopic (exact) mass is 258 g/mol. The summed E-state index contributed by atoms with van der Waals surface area (Å²) in [7, 11) is 0. The summed E-state index contributed by atoms with van der Waals surface area (Å²) in [6.45, 7) is 0. The largest absolute Gasteiger partial charge is 0.458 e. The molecule has 1 aliphatic rings. The Balaban J connectivity index is 1.77. The van der Waals surface area contributed by atoms with Crippen molar-refractivity contribution < 1.29 is 9.53 Å². The number of nitrogens with two attached hydrogens (primary N) is 1. The second kappa shape index (κ2) is 4.96. The molecular formula is C15H18N2O2. The average molecular weight is 258 g/mol. The van der Waals surface area contributed by atoms with Gasteiger partial charge < -0.3 is 15.5 Å². The molecule has 100 valence electrons. The molecule has 1 aromatic carbocycles. The van der Waals surface area contributed by atoms with E-state index < -0.39 is 0 Å². The highest BCUT2D eigenvalue weighted by atomic mass is 16.5. The first kappa shape index (κ1) is 12.1. The Hall–Kier alpha value is -1.97. The molecule has 0 bridgehead atoms. The van der Waals surface area contributed by atoms with Crippen LogP contribution in [0.2, 0.25) is 0 Å². The first-order valence-corrected chi connectivity index (χ1v) is 6.81. The molecule has 0 radical (unpaired) electrons. The summed E-state index contributed by atoms with van der Waals surface area (Å²) < 4.78 is 5.54. The molecule has 2 aromatic rings. The minimum absolute atomic E-state index is 0.0812. The lowest BCUT2D eigenvalue weighted by atomic mass is 9.98. The van der Waals surface area contributed by atoms with Gasteiger partial charge in [0.15, 0.2) is 0 Å². The smallest absolute Gasteiger partial charge is 0.355 e. The zero-order valence-electron chi connectivity index (χ0n) is 10.8. The van der Waals surface area contributed by atoms with Crippen LogP contribution in [0.4, 0.5) is 5.69 Å². The Morgan fingerprint density at radius 3 is 2.79 bits per heavy atom. The van der Waals surface area contributed by atoms with Gasteiger partial charge in [0.1, 0.15) is 11.8 Å². The number of hydrogen-bond donors (Lipinski definition) is 2. The maximum absolute atomic E-state index is 12.1. The van der Waals surface area contributed by atoms with Crippen molar-refractivity contribution in [2.75, 3.05) is 5.73 Å². The Labute approximate surface area is 111 Å². The van der Waals surface area contributed by atoms with E-state index in [9.17, 15) is 4.79 Å². The summed E-state index contributed by atoms with van der Waals surface area (Å²) >= 11 is 0. The first-order valence-electron chi connectivity index (χ1n) is 6.81. The Morgan fingerprint density at radius 2 is 2.00 bits per heavy atom. The van der Waals surface area contributed by atoms with Crippen LogP contribution in [0, 0.1) is 0 Å². The van der Waals surface area contributed by atoms with E-state index >= 15 is 0 Å². The van der Waals surface area contributed by atoms with Crippen molar-refractivity contribution in [3.05, 3.63) is 30.0 Å². The molecule has 0 amide bonds. The molecule has 1 fully saturated rings. The summed E-state index contributed by atoms with van der Waals surface area (Å²) in [6, 6.07) is 7.34. The van der Waals surface area contributed by atoms with Gasteiger partial charge in [-0.2, -0.15) is 0 Å². The van der Waals surface area contributed by atoms with Crippen LogP contribution in [0.3, 0.4) is 0 Å². The lowest BCUT2D eigenvalue weighted by molar-refractivity contribution is 0.0205. The molecule has 0 unspecified atom stereocenters. The van der Waals surface area contributed by atoms with Gasteiger partial charge >= 0.3 is 5.97 Å². The van der Waals surface area contributed by atoms with Crippen molar-refractivity contribution >= 4 is 22.6 Å². The number of aromatic amines is 1. The Bertz CT molecular complexity index is 597. The van der Waals surface area contributed by atoms with Crippen LogP contribution in [-0.2, 0) is 4.74 Å². The molecule has 3 N–H and O–H groups in total. The number of nitrogen functional groups attached to an aromatic ring is 1. The molecule has 1 aliphatic carbocycles. The zero-order valence-corrected chi connectivity index (χ0v) is 10.8. The molecule has 1 heterocycles. The number of carbonyl (C=O) groups is 1. The number of rotatable bonds is 2. The summed E-state index contributed by atoms with van der Waals surface area (Å²) in [5.74, 6) is -0.262. The normalized spacial score (nSPS) is 16.6. The van der Waals surface area contributed by atoms with Gasteiger partial charge in [0.2, 0.25) is 0 Å². The molecule has 4 nitrogen and oxygen atoms in total. The van der Waals surface area contributed by atoms with Crippen molar-refractivity contribution in [3.63, 3.8) is 0 Å². The zero-order chi connectivity index (χ0) is 13.2. The van der Waals surface area contributed by atoms with Gasteiger partial charge in [0, 0.05) is 16.6 Å². The van der Waals surface area contributed by atoms with E-state index in [1.165, 1.54) is 6.42 Å². The molecule has 0 aliphatic heterocycles. The van der Waals surface area contributed by atoms with E-state index in [0.29, 0.717) is 11.4 Å². The Morgan fingerprint density at radius 1 is 1.21 bits per heavy atom. The van der Waals surface area contributed by atoms with Crippen molar-refractivity contribution in [3.8, 4) is 0 Å². The third kappa shape index (κ3) is 2.57. The van der Waals surface area contributed by atoms with Gasteiger partial charge in [0.05, 0.1) is 0 Å². The van der Waals surface area contributed by atoms with E-state index in [-0.39, 0.29) is 12.1 Å². The number of benzene rings is 1. The minimum Gasteiger partial charge on any atom is -0.458 e. The number of aromatic nitrogens is 1. The summed E-state index contributed by atoms with van der Waals surface area (Å²) in [6.07, 6.45) is 5.61. The SMILES string of the molecule is Nc1ccc2[nH]c(C(=O)OC3CCCCC3)cc2c1. The number of nitrogens with one attached hydrogen (secondary N) is 1. The summed E-state index contributed by atoms with van der Waals surface area (Å²) in [5, 5.41) is 0.940. The first-order chi connectivity index (χ1) is 9.22. The van der Waals surface area contributed by atoms with Crippen molar-refractivity contribution in [2.45, 2.75) is 38.2 Å². The van der Waals surface area contributed by atoms with Crippen LogP contribution in [0.15, 0.2) is 24.3 Å². The number of esters is 1. The highest BCUT2D eigenvalue weighted by molar-refractivity contribution is 5.95. The maximum atomic E-state index is 12.1. The van der Waals surface area contributed by atoms with Crippen LogP contribution < -0.4 is 5.73 Å². The topological polar surface area (TPSA) is 68.1 Å². The third-order valence-corrected chi connectivity index (χ3v) is 3.69. The number of anilines is 1. The number of ether oxygens (including phenoxy) is 1. The van der Waals surface area contributed by atoms with Crippen molar-refractivity contribution in [2.24, 2.45) is 0 Å². The predicted octanol–water partition coefficient (Wildman–Crippen LogP) is 3.24. The molecule has 1 aromatic heterocycles.